The topological polar surface area (TPSA) is 63.5 Å². The first-order chi connectivity index (χ1) is 10.6. The molecular weight excluding hydrogens is 381 g/mol. The number of carbonyl (C=O) groups is 1. The maximum atomic E-state index is 12.8. The molecule has 1 aromatic rings. The van der Waals surface area contributed by atoms with Crippen molar-refractivity contribution in [3.63, 3.8) is 0 Å². The Morgan fingerprint density at radius 1 is 1.30 bits per heavy atom. The number of anilines is 1. The first kappa shape index (κ1) is 19.4. The first-order valence-electron chi connectivity index (χ1n) is 6.83. The summed E-state index contributed by atoms with van der Waals surface area (Å²) in [6.07, 6.45) is -5.84. The van der Waals surface area contributed by atoms with Crippen LogP contribution in [0.25, 0.3) is 0 Å². The molecule has 0 fully saturated rings. The predicted octanol–water partition coefficient (Wildman–Crippen LogP) is 3.79. The van der Waals surface area contributed by atoms with Gasteiger partial charge in [0.1, 0.15) is 0 Å². The number of nitro groups is 1. The molecule has 0 aliphatic rings. The van der Waals surface area contributed by atoms with Gasteiger partial charge in [-0.15, -0.1) is 0 Å². The van der Waals surface area contributed by atoms with E-state index in [2.05, 4.69) is 15.9 Å². The number of benzene rings is 1. The SMILES string of the molecule is CCCN(C(=O)C(Br)(C[N+](=O)[O-])CC(F)(F)F)c1ccccc1. The van der Waals surface area contributed by atoms with Crippen LogP contribution in [-0.4, -0.2) is 34.4 Å². The lowest BCUT2D eigenvalue weighted by atomic mass is 10.0. The van der Waals surface area contributed by atoms with Gasteiger partial charge in [0.2, 0.25) is 6.54 Å². The second kappa shape index (κ2) is 7.76. The van der Waals surface area contributed by atoms with Crippen molar-refractivity contribution in [3.05, 3.63) is 40.4 Å². The van der Waals surface area contributed by atoms with E-state index in [1.807, 2.05) is 0 Å². The Morgan fingerprint density at radius 3 is 2.30 bits per heavy atom. The van der Waals surface area contributed by atoms with Crippen molar-refractivity contribution in [1.82, 2.24) is 0 Å². The quantitative estimate of drug-likeness (QED) is 0.400. The highest BCUT2D eigenvalue weighted by Gasteiger charge is 2.51. The number of halogens is 4. The van der Waals surface area contributed by atoms with Crippen LogP contribution in [0.5, 0.6) is 0 Å². The van der Waals surface area contributed by atoms with Crippen molar-refractivity contribution in [2.24, 2.45) is 0 Å². The lowest BCUT2D eigenvalue weighted by Gasteiger charge is -2.31. The summed E-state index contributed by atoms with van der Waals surface area (Å²) in [4.78, 5) is 23.6. The smallest absolute Gasteiger partial charge is 0.311 e. The molecule has 1 amide bonds. The van der Waals surface area contributed by atoms with E-state index in [1.54, 1.807) is 37.3 Å². The van der Waals surface area contributed by atoms with Crippen LogP contribution in [0.3, 0.4) is 0 Å². The van der Waals surface area contributed by atoms with Crippen molar-refractivity contribution in [1.29, 1.82) is 0 Å². The number of nitrogens with zero attached hydrogens (tertiary/aromatic N) is 2. The molecule has 0 bridgehead atoms. The Hall–Kier alpha value is -1.64. The van der Waals surface area contributed by atoms with Crippen LogP contribution in [-0.2, 0) is 4.79 Å². The molecule has 0 aliphatic carbocycles. The molecule has 0 aliphatic heterocycles. The third kappa shape index (κ3) is 5.81. The van der Waals surface area contributed by atoms with E-state index in [1.165, 1.54) is 0 Å². The van der Waals surface area contributed by atoms with Crippen molar-refractivity contribution in [3.8, 4) is 0 Å². The number of amides is 1. The Kier molecular flexibility index (Phi) is 6.55. The zero-order valence-electron chi connectivity index (χ0n) is 12.3. The van der Waals surface area contributed by atoms with Gasteiger partial charge in [0.25, 0.3) is 5.91 Å². The summed E-state index contributed by atoms with van der Waals surface area (Å²) in [5, 5.41) is 10.8. The monoisotopic (exact) mass is 396 g/mol. The van der Waals surface area contributed by atoms with Crippen molar-refractivity contribution < 1.29 is 22.9 Å². The van der Waals surface area contributed by atoms with Gasteiger partial charge in [0, 0.05) is 17.2 Å². The van der Waals surface area contributed by atoms with Crippen LogP contribution in [0.15, 0.2) is 30.3 Å². The fourth-order valence-corrected chi connectivity index (χ4v) is 2.88. The number of alkyl halides is 4. The maximum absolute atomic E-state index is 12.8. The largest absolute Gasteiger partial charge is 0.391 e. The van der Waals surface area contributed by atoms with Crippen molar-refractivity contribution in [2.45, 2.75) is 30.3 Å². The summed E-state index contributed by atoms with van der Waals surface area (Å²) in [5.74, 6) is -0.973. The molecule has 23 heavy (non-hydrogen) atoms. The van der Waals surface area contributed by atoms with Crippen LogP contribution < -0.4 is 4.90 Å². The molecule has 128 valence electrons. The summed E-state index contributed by atoms with van der Waals surface area (Å²) in [6, 6.07) is 8.12. The molecule has 9 heteroatoms. The Bertz CT molecular complexity index is 554. The fraction of sp³-hybridized carbons (Fsp3) is 0.500. The van der Waals surface area contributed by atoms with Gasteiger partial charge in [-0.2, -0.15) is 13.2 Å². The number of hydrogen-bond donors (Lipinski definition) is 0. The second-order valence-electron chi connectivity index (χ2n) is 5.04. The van der Waals surface area contributed by atoms with Gasteiger partial charge in [-0.1, -0.05) is 41.1 Å². The molecule has 0 saturated carbocycles. The van der Waals surface area contributed by atoms with Gasteiger partial charge < -0.3 is 4.90 Å². The molecule has 1 rings (SSSR count). The number of hydrogen-bond acceptors (Lipinski definition) is 3. The molecule has 1 unspecified atom stereocenters. The van der Waals surface area contributed by atoms with Crippen LogP contribution >= 0.6 is 15.9 Å². The van der Waals surface area contributed by atoms with Crippen LogP contribution in [0.2, 0.25) is 0 Å². The minimum Gasteiger partial charge on any atom is -0.311 e. The number of rotatable bonds is 7. The van der Waals surface area contributed by atoms with Crippen LogP contribution in [0.1, 0.15) is 19.8 Å². The average molecular weight is 397 g/mol. The Morgan fingerprint density at radius 2 is 1.87 bits per heavy atom. The maximum Gasteiger partial charge on any atom is 0.391 e. The van der Waals surface area contributed by atoms with E-state index < -0.39 is 34.3 Å². The lowest BCUT2D eigenvalue weighted by molar-refractivity contribution is -0.483. The van der Waals surface area contributed by atoms with Crippen molar-refractivity contribution >= 4 is 27.5 Å². The summed E-state index contributed by atoms with van der Waals surface area (Å²) in [7, 11) is 0. The van der Waals surface area contributed by atoms with Gasteiger partial charge in [-0.25, -0.2) is 0 Å². The zero-order chi connectivity index (χ0) is 17.7. The summed E-state index contributed by atoms with van der Waals surface area (Å²) >= 11 is 2.70. The summed E-state index contributed by atoms with van der Waals surface area (Å²) in [6.45, 7) is 0.764. The molecule has 0 aromatic heterocycles. The molecule has 0 saturated heterocycles. The normalized spacial score (nSPS) is 14.1. The van der Waals surface area contributed by atoms with Gasteiger partial charge >= 0.3 is 6.18 Å². The predicted molar refractivity (Wildman–Crippen MR) is 83.3 cm³/mol. The van der Waals surface area contributed by atoms with E-state index in [4.69, 9.17) is 0 Å². The molecule has 0 N–H and O–H groups in total. The average Bonchev–Trinajstić information content (AvgIpc) is 2.42. The van der Waals surface area contributed by atoms with Crippen LogP contribution in [0.4, 0.5) is 18.9 Å². The van der Waals surface area contributed by atoms with E-state index in [9.17, 15) is 28.1 Å². The fourth-order valence-electron chi connectivity index (χ4n) is 2.14. The summed E-state index contributed by atoms with van der Waals surface area (Å²) in [5.41, 5.74) is 0.397. The van der Waals surface area contributed by atoms with E-state index >= 15 is 0 Å². The lowest BCUT2D eigenvalue weighted by Crippen LogP contribution is -2.51. The molecule has 0 radical (unpaired) electrons. The van der Waals surface area contributed by atoms with Gasteiger partial charge in [-0.05, 0) is 18.6 Å². The van der Waals surface area contributed by atoms with Gasteiger partial charge in [-0.3, -0.25) is 14.9 Å². The summed E-state index contributed by atoms with van der Waals surface area (Å²) < 4.78 is 36.0. The van der Waals surface area contributed by atoms with Crippen LogP contribution in [0, 0.1) is 10.1 Å². The van der Waals surface area contributed by atoms with Gasteiger partial charge in [0.15, 0.2) is 4.32 Å². The molecular formula is C14H16BrF3N2O3. The Labute approximate surface area is 139 Å². The number of carbonyl (C=O) groups excluding carboxylic acids is 1. The minimum absolute atomic E-state index is 0.159. The highest BCUT2D eigenvalue weighted by Crippen LogP contribution is 2.36. The molecule has 1 aromatic carbocycles. The molecule has 0 spiro atoms. The minimum atomic E-state index is -4.72. The Balaban J connectivity index is 3.20. The second-order valence-corrected chi connectivity index (χ2v) is 6.56. The zero-order valence-corrected chi connectivity index (χ0v) is 13.9. The van der Waals surface area contributed by atoms with E-state index in [0.29, 0.717) is 12.1 Å². The molecule has 0 heterocycles. The van der Waals surface area contributed by atoms with Crippen molar-refractivity contribution in [2.75, 3.05) is 18.0 Å². The molecule has 5 nitrogen and oxygen atoms in total. The highest BCUT2D eigenvalue weighted by molar-refractivity contribution is 9.10. The third-order valence-electron chi connectivity index (χ3n) is 3.00. The first-order valence-corrected chi connectivity index (χ1v) is 7.63. The molecule has 1 atom stereocenters. The highest BCUT2D eigenvalue weighted by atomic mass is 79.9. The van der Waals surface area contributed by atoms with E-state index in [0.717, 1.165) is 4.90 Å². The van der Waals surface area contributed by atoms with Gasteiger partial charge in [0.05, 0.1) is 6.42 Å². The standard InChI is InChI=1S/C14H16BrF3N2O3/c1-2-8-19(11-6-4-3-5-7-11)12(21)13(15,10-20(22)23)9-14(16,17)18/h3-7H,2,8-10H2,1H3. The van der Waals surface area contributed by atoms with E-state index in [-0.39, 0.29) is 6.54 Å². The number of para-hydroxylation sites is 1. The third-order valence-corrected chi connectivity index (χ3v) is 3.87.